The maximum Gasteiger partial charge on any atom is 0.272 e. The molecule has 2 aromatic heterocycles. The molecule has 0 atom stereocenters. The molecule has 7 heteroatoms. The van der Waals surface area contributed by atoms with Crippen LogP contribution in [0.3, 0.4) is 0 Å². The van der Waals surface area contributed by atoms with Gasteiger partial charge in [-0.2, -0.15) is 5.10 Å². The van der Waals surface area contributed by atoms with E-state index in [9.17, 15) is 4.79 Å². The van der Waals surface area contributed by atoms with E-state index in [0.717, 1.165) is 68.1 Å². The van der Waals surface area contributed by atoms with E-state index in [2.05, 4.69) is 37.3 Å². The molecule has 3 heterocycles. The van der Waals surface area contributed by atoms with Crippen LogP contribution in [0.1, 0.15) is 33.7 Å². The zero-order valence-corrected chi connectivity index (χ0v) is 14.6. The van der Waals surface area contributed by atoms with Crippen molar-refractivity contribution in [3.05, 3.63) is 40.8 Å². The zero-order valence-electron chi connectivity index (χ0n) is 14.6. The third-order valence-electron chi connectivity index (χ3n) is 5.13. The molecular formula is C18H24N6O. The monoisotopic (exact) mass is 340 g/mol. The topological polar surface area (TPSA) is 77.2 Å². The number of H-pyrrole nitrogens is 1. The number of hydrogen-bond acceptors (Lipinski definition) is 5. The highest BCUT2D eigenvalue weighted by atomic mass is 16.1. The normalized spacial score (nSPS) is 17.6. The molecule has 0 saturated carbocycles. The highest BCUT2D eigenvalue weighted by Crippen LogP contribution is 2.23. The molecule has 4 rings (SSSR count). The highest BCUT2D eigenvalue weighted by molar-refractivity contribution is 5.94. The zero-order chi connectivity index (χ0) is 17.2. The Hall–Kier alpha value is -2.41. The van der Waals surface area contributed by atoms with E-state index in [1.807, 2.05) is 18.3 Å². The van der Waals surface area contributed by atoms with Gasteiger partial charge < -0.3 is 15.1 Å². The lowest BCUT2D eigenvalue weighted by Crippen LogP contribution is -2.45. The Balaban J connectivity index is 1.45. The number of aryl methyl sites for hydroxylation is 1. The van der Waals surface area contributed by atoms with Gasteiger partial charge in [0, 0.05) is 55.7 Å². The molecule has 0 unspecified atom stereocenters. The molecule has 1 fully saturated rings. The van der Waals surface area contributed by atoms with E-state index in [1.54, 1.807) is 0 Å². The SMILES string of the molecule is CN1CCN(c2ncccc2CNC(=O)c2n[nH]c3c2CCC3)CC1. The van der Waals surface area contributed by atoms with Crippen LogP contribution in [0.2, 0.25) is 0 Å². The van der Waals surface area contributed by atoms with Gasteiger partial charge in [0.15, 0.2) is 5.69 Å². The number of rotatable bonds is 4. The van der Waals surface area contributed by atoms with Crippen molar-refractivity contribution in [2.45, 2.75) is 25.8 Å². The lowest BCUT2D eigenvalue weighted by molar-refractivity contribution is 0.0945. The molecule has 0 spiro atoms. The van der Waals surface area contributed by atoms with Crippen LogP contribution < -0.4 is 10.2 Å². The Morgan fingerprint density at radius 1 is 1.28 bits per heavy atom. The summed E-state index contributed by atoms with van der Waals surface area (Å²) in [6.07, 6.45) is 4.85. The summed E-state index contributed by atoms with van der Waals surface area (Å²) in [5, 5.41) is 10.2. The van der Waals surface area contributed by atoms with Crippen molar-refractivity contribution in [3.8, 4) is 0 Å². The predicted octanol–water partition coefficient (Wildman–Crippen LogP) is 0.975. The van der Waals surface area contributed by atoms with Crippen LogP contribution in [-0.2, 0) is 19.4 Å². The molecule has 7 nitrogen and oxygen atoms in total. The largest absolute Gasteiger partial charge is 0.354 e. The third kappa shape index (κ3) is 3.24. The molecule has 0 bridgehead atoms. The van der Waals surface area contributed by atoms with E-state index in [1.165, 1.54) is 0 Å². The second-order valence-corrected chi connectivity index (χ2v) is 6.84. The van der Waals surface area contributed by atoms with Crippen LogP contribution >= 0.6 is 0 Å². The van der Waals surface area contributed by atoms with Gasteiger partial charge in [-0.3, -0.25) is 9.89 Å². The molecule has 132 valence electrons. The summed E-state index contributed by atoms with van der Waals surface area (Å²) in [6.45, 7) is 4.45. The van der Waals surface area contributed by atoms with Crippen LogP contribution in [0.15, 0.2) is 18.3 Å². The lowest BCUT2D eigenvalue weighted by Gasteiger charge is -2.34. The van der Waals surface area contributed by atoms with Crippen molar-refractivity contribution in [3.63, 3.8) is 0 Å². The van der Waals surface area contributed by atoms with E-state index >= 15 is 0 Å². The number of anilines is 1. The highest BCUT2D eigenvalue weighted by Gasteiger charge is 2.23. The Morgan fingerprint density at radius 2 is 2.12 bits per heavy atom. The van der Waals surface area contributed by atoms with Gasteiger partial charge in [0.25, 0.3) is 5.91 Å². The maximum absolute atomic E-state index is 12.5. The van der Waals surface area contributed by atoms with Crippen molar-refractivity contribution < 1.29 is 4.79 Å². The molecule has 2 aliphatic rings. The number of nitrogens with one attached hydrogen (secondary N) is 2. The molecule has 1 amide bonds. The summed E-state index contributed by atoms with van der Waals surface area (Å²) in [6, 6.07) is 3.96. The van der Waals surface area contributed by atoms with Crippen LogP contribution in [0.5, 0.6) is 0 Å². The van der Waals surface area contributed by atoms with Crippen molar-refractivity contribution in [2.75, 3.05) is 38.1 Å². The Kier molecular flexibility index (Phi) is 4.40. The van der Waals surface area contributed by atoms with E-state index in [4.69, 9.17) is 0 Å². The Morgan fingerprint density at radius 3 is 2.96 bits per heavy atom. The summed E-state index contributed by atoms with van der Waals surface area (Å²) < 4.78 is 0. The quantitative estimate of drug-likeness (QED) is 0.867. The van der Waals surface area contributed by atoms with Crippen molar-refractivity contribution in [2.24, 2.45) is 0 Å². The summed E-state index contributed by atoms with van der Waals surface area (Å²) in [4.78, 5) is 21.7. The van der Waals surface area contributed by atoms with E-state index in [0.29, 0.717) is 12.2 Å². The molecule has 1 aliphatic heterocycles. The number of aromatic amines is 1. The van der Waals surface area contributed by atoms with Crippen molar-refractivity contribution in [1.82, 2.24) is 25.4 Å². The molecule has 2 aromatic rings. The Bertz CT molecular complexity index is 763. The van der Waals surface area contributed by atoms with Crippen LogP contribution in [-0.4, -0.2) is 59.2 Å². The van der Waals surface area contributed by atoms with Crippen LogP contribution in [0.4, 0.5) is 5.82 Å². The van der Waals surface area contributed by atoms with Crippen LogP contribution in [0, 0.1) is 0 Å². The number of piperazine rings is 1. The molecule has 1 aliphatic carbocycles. The van der Waals surface area contributed by atoms with Gasteiger partial charge in [0.05, 0.1) is 0 Å². The third-order valence-corrected chi connectivity index (χ3v) is 5.13. The summed E-state index contributed by atoms with van der Waals surface area (Å²) in [7, 11) is 2.14. The number of carbonyl (C=O) groups is 1. The van der Waals surface area contributed by atoms with Gasteiger partial charge in [0.1, 0.15) is 5.82 Å². The molecule has 1 saturated heterocycles. The number of hydrogen-bond donors (Lipinski definition) is 2. The average molecular weight is 340 g/mol. The van der Waals surface area contributed by atoms with E-state index < -0.39 is 0 Å². The second-order valence-electron chi connectivity index (χ2n) is 6.84. The number of likely N-dealkylation sites (N-methyl/N-ethyl adjacent to an activating group) is 1. The standard InChI is InChI=1S/C18H24N6O/c1-23-8-10-24(11-9-23)17-13(4-3-7-19-17)12-20-18(25)16-14-5-2-6-15(14)21-22-16/h3-4,7H,2,5-6,8-12H2,1H3,(H,20,25)(H,21,22). The van der Waals surface area contributed by atoms with Gasteiger partial charge >= 0.3 is 0 Å². The van der Waals surface area contributed by atoms with Crippen molar-refractivity contribution >= 4 is 11.7 Å². The fourth-order valence-electron chi connectivity index (χ4n) is 3.64. The smallest absolute Gasteiger partial charge is 0.272 e. The van der Waals surface area contributed by atoms with Gasteiger partial charge in [-0.05, 0) is 32.4 Å². The number of nitrogens with zero attached hydrogens (tertiary/aromatic N) is 4. The fraction of sp³-hybridized carbons (Fsp3) is 0.500. The van der Waals surface area contributed by atoms with Gasteiger partial charge in [-0.15, -0.1) is 0 Å². The van der Waals surface area contributed by atoms with Crippen molar-refractivity contribution in [1.29, 1.82) is 0 Å². The minimum Gasteiger partial charge on any atom is -0.354 e. The van der Waals surface area contributed by atoms with Gasteiger partial charge in [-0.25, -0.2) is 4.98 Å². The number of carbonyl (C=O) groups excluding carboxylic acids is 1. The van der Waals surface area contributed by atoms with Crippen LogP contribution in [0.25, 0.3) is 0 Å². The molecule has 0 aromatic carbocycles. The van der Waals surface area contributed by atoms with E-state index in [-0.39, 0.29) is 5.91 Å². The number of aromatic nitrogens is 3. The molecular weight excluding hydrogens is 316 g/mol. The number of fused-ring (bicyclic) bond motifs is 1. The summed E-state index contributed by atoms with van der Waals surface area (Å²) >= 11 is 0. The average Bonchev–Trinajstić information content (AvgIpc) is 3.24. The minimum absolute atomic E-state index is 0.104. The predicted molar refractivity (Wildman–Crippen MR) is 95.7 cm³/mol. The molecule has 0 radical (unpaired) electrons. The fourth-order valence-corrected chi connectivity index (χ4v) is 3.64. The summed E-state index contributed by atoms with van der Waals surface area (Å²) in [5.74, 6) is 0.871. The number of amides is 1. The first-order valence-corrected chi connectivity index (χ1v) is 8.94. The van der Waals surface area contributed by atoms with Gasteiger partial charge in [-0.1, -0.05) is 6.07 Å². The second kappa shape index (κ2) is 6.84. The van der Waals surface area contributed by atoms with Gasteiger partial charge in [0.2, 0.25) is 0 Å². The number of pyridine rings is 1. The first-order chi connectivity index (χ1) is 12.2. The maximum atomic E-state index is 12.5. The molecule has 2 N–H and O–H groups in total. The lowest BCUT2D eigenvalue weighted by atomic mass is 10.2. The Labute approximate surface area is 147 Å². The summed E-state index contributed by atoms with van der Waals surface area (Å²) in [5.41, 5.74) is 3.80. The molecule has 25 heavy (non-hydrogen) atoms. The first kappa shape index (κ1) is 16.1. The first-order valence-electron chi connectivity index (χ1n) is 8.94. The minimum atomic E-state index is -0.104.